The molecule has 1 aromatic heterocycles. The highest BCUT2D eigenvalue weighted by molar-refractivity contribution is 7.99. The maximum absolute atomic E-state index is 13.2. The summed E-state index contributed by atoms with van der Waals surface area (Å²) in [7, 11) is 0. The van der Waals surface area contributed by atoms with Crippen molar-refractivity contribution in [3.05, 3.63) is 70.0 Å². The minimum atomic E-state index is -4.87. The van der Waals surface area contributed by atoms with E-state index < -0.39 is 33.9 Å². The fraction of sp³-hybridized carbons (Fsp3) is 0.167. The summed E-state index contributed by atoms with van der Waals surface area (Å²) in [4.78, 5) is 22.0. The molecule has 0 aliphatic carbocycles. The second kappa shape index (κ2) is 8.53. The third-order valence-electron chi connectivity index (χ3n) is 4.02. The second-order valence-corrected chi connectivity index (χ2v) is 7.03. The highest BCUT2D eigenvalue weighted by Gasteiger charge is 2.35. The van der Waals surface area contributed by atoms with Crippen molar-refractivity contribution >= 4 is 29.0 Å². The van der Waals surface area contributed by atoms with Crippen LogP contribution >= 0.6 is 11.8 Å². The molecule has 1 amide bonds. The van der Waals surface area contributed by atoms with Crippen molar-refractivity contribution < 1.29 is 22.9 Å². The number of carbonyl (C=O) groups excluding carboxylic acids is 1. The topological polar surface area (TPSA) is 103 Å². The zero-order valence-electron chi connectivity index (χ0n) is 15.4. The number of aryl methyl sites for hydroxylation is 1. The summed E-state index contributed by atoms with van der Waals surface area (Å²) in [5.74, 6) is -0.961. The number of nitrogens with one attached hydrogen (secondary N) is 1. The third-order valence-corrected chi connectivity index (χ3v) is 4.96. The molecule has 30 heavy (non-hydrogen) atoms. The first-order valence-corrected chi connectivity index (χ1v) is 9.39. The normalized spacial score (nSPS) is 11.3. The number of amides is 1. The summed E-state index contributed by atoms with van der Waals surface area (Å²) in [5, 5.41) is 21.1. The zero-order chi connectivity index (χ0) is 21.9. The smallest absolute Gasteiger partial charge is 0.325 e. The number of hydrogen-bond acceptors (Lipinski definition) is 6. The van der Waals surface area contributed by atoms with E-state index in [0.29, 0.717) is 11.2 Å². The van der Waals surface area contributed by atoms with Crippen molar-refractivity contribution in [2.24, 2.45) is 0 Å². The Hall–Kier alpha value is -3.41. The van der Waals surface area contributed by atoms with Gasteiger partial charge in [-0.2, -0.15) is 13.2 Å². The third kappa shape index (κ3) is 4.76. The fourth-order valence-corrected chi connectivity index (χ4v) is 3.35. The molecule has 0 saturated heterocycles. The van der Waals surface area contributed by atoms with Gasteiger partial charge < -0.3 is 5.32 Å². The molecule has 8 nitrogen and oxygen atoms in total. The molecule has 1 heterocycles. The lowest BCUT2D eigenvalue weighted by Gasteiger charge is -2.13. The number of nitro benzene ring substituents is 1. The number of nitrogens with zero attached hydrogens (tertiary/aromatic N) is 4. The van der Waals surface area contributed by atoms with E-state index in [-0.39, 0.29) is 5.75 Å². The number of alkyl halides is 3. The maximum atomic E-state index is 13.2. The van der Waals surface area contributed by atoms with E-state index in [1.54, 1.807) is 4.57 Å². The molecule has 1 N–H and O–H groups in total. The van der Waals surface area contributed by atoms with Gasteiger partial charge in [0.25, 0.3) is 5.69 Å². The van der Waals surface area contributed by atoms with E-state index in [9.17, 15) is 28.1 Å². The van der Waals surface area contributed by atoms with Crippen molar-refractivity contribution in [1.82, 2.24) is 14.8 Å². The summed E-state index contributed by atoms with van der Waals surface area (Å²) in [6, 6.07) is 9.57. The van der Waals surface area contributed by atoms with E-state index in [0.717, 1.165) is 35.1 Å². The molecule has 0 bridgehead atoms. The van der Waals surface area contributed by atoms with Crippen LogP contribution in [-0.4, -0.2) is 31.3 Å². The first kappa shape index (κ1) is 21.3. The van der Waals surface area contributed by atoms with E-state index in [4.69, 9.17) is 0 Å². The van der Waals surface area contributed by atoms with Gasteiger partial charge >= 0.3 is 6.18 Å². The van der Waals surface area contributed by atoms with Gasteiger partial charge in [0.15, 0.2) is 5.16 Å². The second-order valence-electron chi connectivity index (χ2n) is 6.09. The van der Waals surface area contributed by atoms with Crippen molar-refractivity contribution in [2.75, 3.05) is 11.1 Å². The predicted octanol–water partition coefficient (Wildman–Crippen LogP) is 4.23. The number of para-hydroxylation sites is 1. The number of hydrogen-bond donors (Lipinski definition) is 1. The van der Waals surface area contributed by atoms with E-state index >= 15 is 0 Å². The monoisotopic (exact) mass is 437 g/mol. The fourth-order valence-electron chi connectivity index (χ4n) is 2.63. The molecular formula is C18H14F3N5O3S. The van der Waals surface area contributed by atoms with Gasteiger partial charge in [-0.05, 0) is 24.6 Å². The number of benzene rings is 2. The van der Waals surface area contributed by atoms with Crippen LogP contribution in [0.4, 0.5) is 24.5 Å². The number of anilines is 1. The van der Waals surface area contributed by atoms with Crippen molar-refractivity contribution in [3.8, 4) is 5.69 Å². The highest BCUT2D eigenvalue weighted by Crippen LogP contribution is 2.37. The number of thioether (sulfide) groups is 1. The SMILES string of the molecule is Cc1ccccc1-n1cnnc1SCC(=O)Nc1ccc([N+](=O)[O-])cc1C(F)(F)F. The van der Waals surface area contributed by atoms with Crippen LogP contribution in [-0.2, 0) is 11.0 Å². The van der Waals surface area contributed by atoms with E-state index in [1.807, 2.05) is 31.2 Å². The van der Waals surface area contributed by atoms with Crippen LogP contribution in [0.15, 0.2) is 53.9 Å². The Morgan fingerprint density at radius 3 is 2.67 bits per heavy atom. The van der Waals surface area contributed by atoms with Crippen LogP contribution in [0.3, 0.4) is 0 Å². The number of non-ortho nitro benzene ring substituents is 1. The summed E-state index contributed by atoms with van der Waals surface area (Å²) in [5.41, 5.74) is -0.817. The largest absolute Gasteiger partial charge is 0.418 e. The first-order chi connectivity index (χ1) is 14.2. The van der Waals surface area contributed by atoms with Gasteiger partial charge in [0.2, 0.25) is 5.91 Å². The lowest BCUT2D eigenvalue weighted by Crippen LogP contribution is -2.18. The molecule has 3 aromatic rings. The number of rotatable bonds is 6. The Balaban J connectivity index is 1.75. The minimum Gasteiger partial charge on any atom is -0.325 e. The van der Waals surface area contributed by atoms with Crippen LogP contribution in [0, 0.1) is 17.0 Å². The Morgan fingerprint density at radius 1 is 1.27 bits per heavy atom. The lowest BCUT2D eigenvalue weighted by atomic mass is 10.1. The van der Waals surface area contributed by atoms with Crippen LogP contribution in [0.1, 0.15) is 11.1 Å². The van der Waals surface area contributed by atoms with Gasteiger partial charge in [-0.25, -0.2) is 0 Å². The molecule has 0 atom stereocenters. The van der Waals surface area contributed by atoms with Crippen molar-refractivity contribution in [3.63, 3.8) is 0 Å². The molecule has 0 saturated carbocycles. The van der Waals surface area contributed by atoms with Gasteiger partial charge in [0, 0.05) is 12.1 Å². The lowest BCUT2D eigenvalue weighted by molar-refractivity contribution is -0.385. The molecule has 12 heteroatoms. The van der Waals surface area contributed by atoms with Gasteiger partial charge in [0.1, 0.15) is 6.33 Å². The molecule has 156 valence electrons. The highest BCUT2D eigenvalue weighted by atomic mass is 32.2. The van der Waals surface area contributed by atoms with Gasteiger partial charge in [-0.1, -0.05) is 30.0 Å². The molecule has 0 unspecified atom stereocenters. The van der Waals surface area contributed by atoms with Crippen molar-refractivity contribution in [2.45, 2.75) is 18.3 Å². The molecule has 0 radical (unpaired) electrons. The van der Waals surface area contributed by atoms with E-state index in [2.05, 4.69) is 15.5 Å². The number of nitro groups is 1. The number of carbonyl (C=O) groups is 1. The average molecular weight is 437 g/mol. The maximum Gasteiger partial charge on any atom is 0.418 e. The van der Waals surface area contributed by atoms with Crippen LogP contribution < -0.4 is 5.32 Å². The summed E-state index contributed by atoms with van der Waals surface area (Å²) >= 11 is 0.994. The molecule has 0 spiro atoms. The van der Waals surface area contributed by atoms with Crippen LogP contribution in [0.5, 0.6) is 0 Å². The number of aromatic nitrogens is 3. The zero-order valence-corrected chi connectivity index (χ0v) is 16.2. The van der Waals surface area contributed by atoms with Crippen molar-refractivity contribution in [1.29, 1.82) is 0 Å². The van der Waals surface area contributed by atoms with Crippen LogP contribution in [0.25, 0.3) is 5.69 Å². The quantitative estimate of drug-likeness (QED) is 0.352. The summed E-state index contributed by atoms with van der Waals surface area (Å²) in [6.07, 6.45) is -3.40. The predicted molar refractivity (Wildman–Crippen MR) is 104 cm³/mol. The Kier molecular flexibility index (Phi) is 6.06. The van der Waals surface area contributed by atoms with Crippen LogP contribution in [0.2, 0.25) is 0 Å². The Labute approximate surface area is 172 Å². The number of halogens is 3. The van der Waals surface area contributed by atoms with E-state index in [1.165, 1.54) is 6.33 Å². The first-order valence-electron chi connectivity index (χ1n) is 8.41. The standard InChI is InChI=1S/C18H14F3N5O3S/c1-11-4-2-3-5-15(11)25-10-22-24-17(25)30-9-16(27)23-14-7-6-12(26(28)29)8-13(14)18(19,20)21/h2-8,10H,9H2,1H3,(H,23,27). The molecule has 3 rings (SSSR count). The molecular weight excluding hydrogens is 423 g/mol. The summed E-state index contributed by atoms with van der Waals surface area (Å²) in [6.45, 7) is 1.89. The average Bonchev–Trinajstić information content (AvgIpc) is 3.14. The Morgan fingerprint density at radius 2 is 2.00 bits per heavy atom. The molecule has 2 aromatic carbocycles. The molecule has 0 aliphatic heterocycles. The molecule has 0 fully saturated rings. The summed E-state index contributed by atoms with van der Waals surface area (Å²) < 4.78 is 41.4. The van der Waals surface area contributed by atoms with Gasteiger partial charge in [-0.3, -0.25) is 19.5 Å². The van der Waals surface area contributed by atoms with Gasteiger partial charge in [-0.15, -0.1) is 10.2 Å². The minimum absolute atomic E-state index is 0.237. The van der Waals surface area contributed by atoms with Gasteiger partial charge in [0.05, 0.1) is 27.6 Å². The molecule has 0 aliphatic rings. The Bertz CT molecular complexity index is 1100.